The molecule has 1 amide bonds. The Labute approximate surface area is 134 Å². The lowest BCUT2D eigenvalue weighted by Gasteiger charge is -2.21. The standard InChI is InChI=1S/C16H18Cl2N2O/c1-9(13-7-10-2-3-11(13)6-10)19-20-16(21)12-4-5-14(17)15(18)8-12/h4-5,8,10-11,13H,2-3,6-7H2,1H3,(H,20,21)/b19-9-. The number of amides is 1. The quantitative estimate of drug-likeness (QED) is 0.643. The maximum absolute atomic E-state index is 12.1. The number of halogens is 2. The molecule has 2 saturated carbocycles. The third kappa shape index (κ3) is 3.09. The second-order valence-corrected chi connectivity index (χ2v) is 6.92. The van der Waals surface area contributed by atoms with Gasteiger partial charge < -0.3 is 0 Å². The third-order valence-corrected chi connectivity index (χ3v) is 5.53. The summed E-state index contributed by atoms with van der Waals surface area (Å²) in [5.41, 5.74) is 4.13. The summed E-state index contributed by atoms with van der Waals surface area (Å²) < 4.78 is 0. The SMILES string of the molecule is C/C(=N/NC(=O)c1ccc(Cl)c(Cl)c1)C1CC2CCC1C2. The van der Waals surface area contributed by atoms with Gasteiger partial charge in [-0.2, -0.15) is 5.10 Å². The maximum Gasteiger partial charge on any atom is 0.271 e. The molecule has 3 nitrogen and oxygen atoms in total. The smallest absolute Gasteiger partial charge is 0.267 e. The van der Waals surface area contributed by atoms with E-state index in [0.29, 0.717) is 21.5 Å². The van der Waals surface area contributed by atoms with Crippen LogP contribution in [0.5, 0.6) is 0 Å². The van der Waals surface area contributed by atoms with E-state index in [1.165, 1.54) is 25.7 Å². The van der Waals surface area contributed by atoms with Crippen molar-refractivity contribution in [1.82, 2.24) is 5.43 Å². The summed E-state index contributed by atoms with van der Waals surface area (Å²) in [6.45, 7) is 2.01. The van der Waals surface area contributed by atoms with Gasteiger partial charge in [-0.1, -0.05) is 29.6 Å². The molecule has 0 aliphatic heterocycles. The van der Waals surface area contributed by atoms with Crippen LogP contribution in [0.1, 0.15) is 43.0 Å². The summed E-state index contributed by atoms with van der Waals surface area (Å²) in [7, 11) is 0. The number of nitrogens with one attached hydrogen (secondary N) is 1. The van der Waals surface area contributed by atoms with E-state index in [0.717, 1.165) is 17.5 Å². The highest BCUT2D eigenvalue weighted by molar-refractivity contribution is 6.42. The lowest BCUT2D eigenvalue weighted by atomic mass is 9.86. The Morgan fingerprint density at radius 2 is 2.05 bits per heavy atom. The van der Waals surface area contributed by atoms with Crippen LogP contribution < -0.4 is 5.43 Å². The molecule has 5 heteroatoms. The van der Waals surface area contributed by atoms with Crippen LogP contribution in [0.25, 0.3) is 0 Å². The molecular weight excluding hydrogens is 307 g/mol. The van der Waals surface area contributed by atoms with Gasteiger partial charge in [-0.15, -0.1) is 0 Å². The molecule has 0 saturated heterocycles. The highest BCUT2D eigenvalue weighted by atomic mass is 35.5. The highest BCUT2D eigenvalue weighted by Gasteiger charge is 2.40. The first-order chi connectivity index (χ1) is 10.0. The van der Waals surface area contributed by atoms with Crippen LogP contribution in [0.3, 0.4) is 0 Å². The number of hydrazone groups is 1. The van der Waals surface area contributed by atoms with Crippen molar-refractivity contribution in [2.45, 2.75) is 32.6 Å². The molecular formula is C16H18Cl2N2O. The number of hydrogen-bond donors (Lipinski definition) is 1. The Morgan fingerprint density at radius 1 is 1.24 bits per heavy atom. The Balaban J connectivity index is 1.64. The second-order valence-electron chi connectivity index (χ2n) is 6.10. The van der Waals surface area contributed by atoms with Gasteiger partial charge >= 0.3 is 0 Å². The van der Waals surface area contributed by atoms with Gasteiger partial charge in [-0.3, -0.25) is 4.79 Å². The average molecular weight is 325 g/mol. The van der Waals surface area contributed by atoms with Gasteiger partial charge in [0.05, 0.1) is 10.0 Å². The van der Waals surface area contributed by atoms with Crippen LogP contribution in [-0.2, 0) is 0 Å². The summed E-state index contributed by atoms with van der Waals surface area (Å²) >= 11 is 11.8. The first-order valence-electron chi connectivity index (χ1n) is 7.34. The number of nitrogens with zero attached hydrogens (tertiary/aromatic N) is 1. The Kier molecular flexibility index (Phi) is 4.23. The predicted molar refractivity (Wildman–Crippen MR) is 86.0 cm³/mol. The van der Waals surface area contributed by atoms with Crippen LogP contribution in [0, 0.1) is 17.8 Å². The average Bonchev–Trinajstić information content (AvgIpc) is 3.10. The van der Waals surface area contributed by atoms with Crippen molar-refractivity contribution in [3.8, 4) is 0 Å². The third-order valence-electron chi connectivity index (χ3n) is 4.79. The molecule has 3 atom stereocenters. The number of carbonyl (C=O) groups excluding carboxylic acids is 1. The van der Waals surface area contributed by atoms with Crippen molar-refractivity contribution in [2.75, 3.05) is 0 Å². The van der Waals surface area contributed by atoms with Gasteiger partial charge in [0, 0.05) is 17.2 Å². The number of carbonyl (C=O) groups is 1. The Bertz CT molecular complexity index is 600. The van der Waals surface area contributed by atoms with Crippen LogP contribution in [0.4, 0.5) is 0 Å². The summed E-state index contributed by atoms with van der Waals surface area (Å²) in [4.78, 5) is 12.1. The summed E-state index contributed by atoms with van der Waals surface area (Å²) in [6, 6.07) is 4.82. The molecule has 0 heterocycles. The molecule has 2 fully saturated rings. The maximum atomic E-state index is 12.1. The second kappa shape index (κ2) is 5.98. The van der Waals surface area contributed by atoms with Gasteiger partial charge in [0.1, 0.15) is 0 Å². The van der Waals surface area contributed by atoms with E-state index in [1.54, 1.807) is 18.2 Å². The van der Waals surface area contributed by atoms with E-state index in [2.05, 4.69) is 10.5 Å². The molecule has 2 aliphatic rings. The van der Waals surface area contributed by atoms with Crippen LogP contribution in [0.15, 0.2) is 23.3 Å². The first-order valence-corrected chi connectivity index (χ1v) is 8.09. The van der Waals surface area contributed by atoms with E-state index in [4.69, 9.17) is 23.2 Å². The summed E-state index contributed by atoms with van der Waals surface area (Å²) in [6.07, 6.45) is 5.23. The van der Waals surface area contributed by atoms with Crippen molar-refractivity contribution in [3.63, 3.8) is 0 Å². The molecule has 3 unspecified atom stereocenters. The topological polar surface area (TPSA) is 41.5 Å². The van der Waals surface area contributed by atoms with E-state index in [1.807, 2.05) is 6.92 Å². The Morgan fingerprint density at radius 3 is 2.67 bits per heavy atom. The lowest BCUT2D eigenvalue weighted by Crippen LogP contribution is -2.24. The number of fused-ring (bicyclic) bond motifs is 2. The molecule has 1 N–H and O–H groups in total. The van der Waals surface area contributed by atoms with Gasteiger partial charge in [-0.05, 0) is 56.2 Å². The first kappa shape index (κ1) is 14.9. The van der Waals surface area contributed by atoms with Crippen molar-refractivity contribution in [2.24, 2.45) is 22.9 Å². The zero-order valence-corrected chi connectivity index (χ0v) is 13.4. The monoisotopic (exact) mass is 324 g/mol. The molecule has 1 aromatic rings. The van der Waals surface area contributed by atoms with Crippen LogP contribution in [0.2, 0.25) is 10.0 Å². The molecule has 2 bridgehead atoms. The number of rotatable bonds is 3. The minimum atomic E-state index is -0.254. The fraction of sp³-hybridized carbons (Fsp3) is 0.500. The molecule has 112 valence electrons. The van der Waals surface area contributed by atoms with E-state index < -0.39 is 0 Å². The summed E-state index contributed by atoms with van der Waals surface area (Å²) in [5, 5.41) is 5.11. The number of benzene rings is 1. The fourth-order valence-corrected chi connectivity index (χ4v) is 3.98. The molecule has 3 rings (SSSR count). The number of hydrogen-bond acceptors (Lipinski definition) is 2. The van der Waals surface area contributed by atoms with Crippen LogP contribution >= 0.6 is 23.2 Å². The van der Waals surface area contributed by atoms with Crippen molar-refractivity contribution < 1.29 is 4.79 Å². The van der Waals surface area contributed by atoms with E-state index in [-0.39, 0.29) is 5.91 Å². The zero-order chi connectivity index (χ0) is 15.0. The molecule has 0 radical (unpaired) electrons. The molecule has 0 spiro atoms. The molecule has 0 aromatic heterocycles. The summed E-state index contributed by atoms with van der Waals surface area (Å²) in [5.74, 6) is 1.92. The van der Waals surface area contributed by atoms with Crippen molar-refractivity contribution in [3.05, 3.63) is 33.8 Å². The van der Waals surface area contributed by atoms with Gasteiger partial charge in [-0.25, -0.2) is 5.43 Å². The molecule has 2 aliphatic carbocycles. The van der Waals surface area contributed by atoms with Crippen molar-refractivity contribution >= 4 is 34.8 Å². The van der Waals surface area contributed by atoms with Crippen molar-refractivity contribution in [1.29, 1.82) is 0 Å². The largest absolute Gasteiger partial charge is 0.271 e. The van der Waals surface area contributed by atoms with E-state index in [9.17, 15) is 4.79 Å². The minimum Gasteiger partial charge on any atom is -0.267 e. The highest BCUT2D eigenvalue weighted by Crippen LogP contribution is 2.48. The van der Waals surface area contributed by atoms with E-state index >= 15 is 0 Å². The van der Waals surface area contributed by atoms with Gasteiger partial charge in [0.25, 0.3) is 5.91 Å². The van der Waals surface area contributed by atoms with Gasteiger partial charge in [0.2, 0.25) is 0 Å². The predicted octanol–water partition coefficient (Wildman–Crippen LogP) is 4.54. The van der Waals surface area contributed by atoms with Crippen LogP contribution in [-0.4, -0.2) is 11.6 Å². The molecule has 1 aromatic carbocycles. The molecule has 21 heavy (non-hydrogen) atoms. The normalized spacial score (nSPS) is 28.0. The minimum absolute atomic E-state index is 0.254. The van der Waals surface area contributed by atoms with Gasteiger partial charge in [0.15, 0.2) is 0 Å². The zero-order valence-electron chi connectivity index (χ0n) is 11.9. The fourth-order valence-electron chi connectivity index (χ4n) is 3.68. The Hall–Kier alpha value is -1.06. The lowest BCUT2D eigenvalue weighted by molar-refractivity contribution is 0.0954.